The van der Waals surface area contributed by atoms with Gasteiger partial charge in [-0.05, 0) is 59.5 Å². The summed E-state index contributed by atoms with van der Waals surface area (Å²) in [5.41, 5.74) is 13.9. The molecule has 102 heavy (non-hydrogen) atoms. The van der Waals surface area contributed by atoms with Crippen LogP contribution in [0, 0.1) is 11.8 Å². The molecule has 7 aromatic heterocycles. The van der Waals surface area contributed by atoms with Crippen molar-refractivity contribution in [2.24, 2.45) is 5.73 Å². The first-order valence-electron chi connectivity index (χ1n) is 31.2. The van der Waals surface area contributed by atoms with Crippen LogP contribution in [0.1, 0.15) is 83.7 Å². The van der Waals surface area contributed by atoms with Crippen molar-refractivity contribution in [3.8, 4) is 23.4 Å². The fraction of sp³-hybridized carbons (Fsp3) is 0.540. The summed E-state index contributed by atoms with van der Waals surface area (Å²) in [6, 6.07) is -2.90. The molecule has 37 nitrogen and oxygen atoms in total. The first kappa shape index (κ1) is 95.5. The number of aromatic amines is 1. The van der Waals surface area contributed by atoms with Crippen LogP contribution in [0.2, 0.25) is 0 Å². The van der Waals surface area contributed by atoms with Gasteiger partial charge in [0, 0.05) is 83.0 Å². The number of aliphatic hydroxyl groups is 8. The molecule has 0 amide bonds. The molecule has 0 fully saturated rings. The second kappa shape index (κ2) is 53.3. The van der Waals surface area contributed by atoms with E-state index in [1.54, 1.807) is 49.2 Å². The first-order valence-corrected chi connectivity index (χ1v) is 31.2. The average Bonchev–Trinajstić information content (AvgIpc) is 1.66. The minimum Gasteiger partial charge on any atom is -0.512 e. The van der Waals surface area contributed by atoms with E-state index in [0.717, 1.165) is 75.2 Å². The van der Waals surface area contributed by atoms with Crippen LogP contribution in [-0.4, -0.2) is 250 Å². The molecule has 8 rings (SSSR count). The molecule has 0 bridgehead atoms. The number of hydrogen-bond acceptors (Lipinski definition) is 33. The van der Waals surface area contributed by atoms with Gasteiger partial charge in [0.25, 0.3) is 5.56 Å². The molecule has 7 aromatic rings. The van der Waals surface area contributed by atoms with Crippen LogP contribution in [0.5, 0.6) is 23.4 Å². The number of hydrogen-bond donors (Lipinski definition) is 13. The summed E-state index contributed by atoms with van der Waals surface area (Å²) in [4.78, 5) is 98.8. The molecule has 39 heteroatoms. The van der Waals surface area contributed by atoms with Gasteiger partial charge in [0.1, 0.15) is 64.2 Å². The second-order valence-electron chi connectivity index (χ2n) is 20.4. The van der Waals surface area contributed by atoms with Crippen LogP contribution in [-0.2, 0) is 77.4 Å². The molecule has 0 unspecified atom stereocenters. The van der Waals surface area contributed by atoms with Gasteiger partial charge in [-0.2, -0.15) is 34.1 Å². The van der Waals surface area contributed by atoms with Gasteiger partial charge in [-0.15, -0.1) is 0 Å². The molecule has 0 saturated carbocycles. The zero-order valence-electron chi connectivity index (χ0n) is 59.3. The van der Waals surface area contributed by atoms with E-state index in [1.807, 2.05) is 66.1 Å². The number of aryl methyl sites for hydroxylation is 3. The number of ether oxygens (including phenoxy) is 6. The van der Waals surface area contributed by atoms with E-state index in [-0.39, 0.29) is 75.7 Å². The van der Waals surface area contributed by atoms with E-state index < -0.39 is 73.7 Å². The van der Waals surface area contributed by atoms with E-state index in [4.69, 9.17) is 80.9 Å². The number of aliphatic hydroxyl groups excluding tert-OH is 8. The van der Waals surface area contributed by atoms with Crippen molar-refractivity contribution in [2.75, 3.05) is 74.6 Å². The van der Waals surface area contributed by atoms with Gasteiger partial charge in [0.05, 0.1) is 117 Å². The van der Waals surface area contributed by atoms with E-state index in [2.05, 4.69) is 60.6 Å². The topological polar surface area (TPSA) is 543 Å². The molecule has 8 atom stereocenters. The molecule has 0 saturated heterocycles. The van der Waals surface area contributed by atoms with Gasteiger partial charge in [-0.3, -0.25) is 19.7 Å². The van der Waals surface area contributed by atoms with Gasteiger partial charge in [0.15, 0.2) is 5.75 Å². The SMILES string of the molecule is CCOC(=O)[C@H](N)[C@@H](O)CC.CCOC(=O)[C@H](NCc1cn(CC)c2c(OC)ncnc12)[C@@H](O)CC.CCn1cc(CN[C@@H](CO)[C@@H](O)CO)c2ncnc(OC)c21.CCn1cc(OC)c2ncnc(OC)c21.O=C=O.O=C=O.O=c1[nH]cnc2c1CC=C2CN[C@@H](CO)[C@@H](O)CO.[B].[C-]#N.[Na+]. The molecule has 0 spiro atoms. The molecule has 7 heterocycles. The summed E-state index contributed by atoms with van der Waals surface area (Å²) in [7, 11) is 6.36. The largest absolute Gasteiger partial charge is 1.00 e. The Morgan fingerprint density at radius 2 is 0.990 bits per heavy atom. The number of carbonyl (C=O) groups is 2. The predicted molar refractivity (Wildman–Crippen MR) is 360 cm³/mol. The Kier molecular flexibility index (Phi) is 49.9. The zero-order valence-corrected chi connectivity index (χ0v) is 61.3. The Morgan fingerprint density at radius 1 is 0.588 bits per heavy atom. The Balaban J connectivity index is 0. The van der Waals surface area contributed by atoms with Crippen LogP contribution >= 0.6 is 0 Å². The second-order valence-corrected chi connectivity index (χ2v) is 20.4. The van der Waals surface area contributed by atoms with Gasteiger partial charge in [-0.25, -0.2) is 19.9 Å². The number of methoxy groups -OCH3 is 4. The van der Waals surface area contributed by atoms with Gasteiger partial charge >= 0.3 is 53.8 Å². The number of aromatic nitrogens is 11. The summed E-state index contributed by atoms with van der Waals surface area (Å²) >= 11 is 0. The third-order valence-corrected chi connectivity index (χ3v) is 14.6. The molecule has 555 valence electrons. The Hall–Kier alpha value is -8.55. The maximum Gasteiger partial charge on any atom is 1.00 e. The minimum atomic E-state index is -1.03. The number of esters is 2. The van der Waals surface area contributed by atoms with E-state index in [9.17, 15) is 34.8 Å². The third-order valence-electron chi connectivity index (χ3n) is 14.6. The number of H-pyrrole nitrogens is 1. The van der Waals surface area contributed by atoms with Crippen molar-refractivity contribution in [3.63, 3.8) is 0 Å². The zero-order chi connectivity index (χ0) is 75.4. The average molecular weight is 1440 g/mol. The van der Waals surface area contributed by atoms with E-state index >= 15 is 0 Å². The number of carbonyl (C=O) groups excluding carboxylic acids is 6. The Labute approximate surface area is 612 Å². The molecule has 14 N–H and O–H groups in total. The molecule has 3 radical (unpaired) electrons. The van der Waals surface area contributed by atoms with Crippen molar-refractivity contribution in [1.29, 1.82) is 5.26 Å². The molecular weight excluding hydrogens is 1350 g/mol. The Bertz CT molecular complexity index is 3720. The van der Waals surface area contributed by atoms with Crippen LogP contribution in [0.25, 0.3) is 38.7 Å². The predicted octanol–water partition coefficient (Wildman–Crippen LogP) is -4.80. The van der Waals surface area contributed by atoms with Crippen molar-refractivity contribution in [1.82, 2.24) is 69.5 Å². The summed E-state index contributed by atoms with van der Waals surface area (Å²) in [6.45, 7) is 20.4. The number of rotatable bonds is 30. The molecule has 0 aromatic carbocycles. The van der Waals surface area contributed by atoms with E-state index in [1.165, 1.54) is 25.3 Å². The number of nitrogens with two attached hydrogens (primary N) is 1. The first-order chi connectivity index (χ1) is 48.2. The molecule has 0 aliphatic heterocycles. The van der Waals surface area contributed by atoms with Gasteiger partial charge in [-0.1, -0.05) is 19.9 Å². The number of nitrogens with zero attached hydrogens (tertiary/aromatic N) is 11. The van der Waals surface area contributed by atoms with E-state index in [0.29, 0.717) is 74.4 Å². The summed E-state index contributed by atoms with van der Waals surface area (Å²) in [6.07, 6.45) is 11.7. The monoisotopic (exact) mass is 1440 g/mol. The molecule has 1 aliphatic rings. The van der Waals surface area contributed by atoms with Crippen molar-refractivity contribution in [3.05, 3.63) is 89.3 Å². The summed E-state index contributed by atoms with van der Waals surface area (Å²) < 4.78 is 36.7. The fourth-order valence-corrected chi connectivity index (χ4v) is 9.48. The number of nitrogens with one attached hydrogen (secondary N) is 4. The van der Waals surface area contributed by atoms with Crippen molar-refractivity contribution in [2.45, 2.75) is 149 Å². The van der Waals surface area contributed by atoms with Gasteiger partial charge in [0.2, 0.25) is 17.6 Å². The quantitative estimate of drug-likeness (QED) is 0.0114. The minimum absolute atomic E-state index is 0. The smallest absolute Gasteiger partial charge is 0.512 e. The summed E-state index contributed by atoms with van der Waals surface area (Å²) in [5.74, 6) is 1.34. The number of allylic oxidation sites excluding steroid dienone is 1. The normalized spacial score (nSPS) is 13.0. The maximum atomic E-state index is 12.1. The number of fused-ring (bicyclic) bond motifs is 4. The molecular formula is C63H93BN16NaO21. The standard InChI is InChI=1S/C17H26N4O4.C14H22N4O4.C12H17N3O4.C10H13N3O2.C7H15NO3.CN.2CO2.B.Na/c1-5-12(22)14(17(23)25-7-3)18-8-11-9-21(6-2)15-13(11)19-10-20-16(15)24-4;1-3-18-5-9(4-15-10(6-19)11(21)7-20)12-13(18)14(22-2)17-8-16-12;16-4-9(10(18)5-17)13-3-7-1-2-8-11(7)14-6-15-12(8)19;1-4-13-5-7(14-2)8-9(13)10(15-3)12-6-11-8;1-3-5(9)6(8)7(10)11-4-2;1-2;2*2-1-3;;/h9-10,12,14,18,22H,5-8H2,1-4H3;5,8,10-11,15,19-21H,3-4,6-7H2,1-2H3;1,6,9-10,13,16-18H,2-5H2,(H,14,15,19);5-6H,4H2,1-3H3;5-6,9H,3-4,8H2,1-2H3;;;;;/q;;;;;-1;;;;+1/t12-,14+;10-,11-;9-,10-;;5-,6+;;;;;/m000.0...../s1. The summed E-state index contributed by atoms with van der Waals surface area (Å²) in [5, 5.41) is 89.8. The molecule has 1 aliphatic carbocycles. The van der Waals surface area contributed by atoms with Crippen LogP contribution < -0.4 is 75.7 Å². The Morgan fingerprint density at radius 3 is 1.38 bits per heavy atom. The van der Waals surface area contributed by atoms with Gasteiger partial charge < -0.3 is 116 Å². The van der Waals surface area contributed by atoms with Crippen LogP contribution in [0.15, 0.2) is 54.8 Å². The van der Waals surface area contributed by atoms with Crippen molar-refractivity contribution >= 4 is 71.3 Å². The van der Waals surface area contributed by atoms with Crippen molar-refractivity contribution < 1.29 is 128 Å². The van der Waals surface area contributed by atoms with Crippen LogP contribution in [0.4, 0.5) is 0 Å². The maximum absolute atomic E-state index is 12.1. The van der Waals surface area contributed by atoms with Crippen LogP contribution in [0.3, 0.4) is 0 Å². The third kappa shape index (κ3) is 28.0. The fourth-order valence-electron chi connectivity index (χ4n) is 9.48.